The summed E-state index contributed by atoms with van der Waals surface area (Å²) >= 11 is 0. The standard InChI is InChI=1S/C16H17NO2/c1-10-11(2)17-12(3)15(16(18)19-4)14(10)13-8-6-5-7-9-13/h5-9H,1-4H3. The Morgan fingerprint density at radius 1 is 1.05 bits per heavy atom. The number of aromatic nitrogens is 1. The van der Waals surface area contributed by atoms with Gasteiger partial charge in [0.25, 0.3) is 0 Å². The first kappa shape index (κ1) is 13.3. The van der Waals surface area contributed by atoms with Crippen LogP contribution in [-0.2, 0) is 4.74 Å². The number of carbonyl (C=O) groups is 1. The molecule has 0 bridgehead atoms. The van der Waals surface area contributed by atoms with E-state index < -0.39 is 0 Å². The van der Waals surface area contributed by atoms with E-state index in [1.54, 1.807) is 0 Å². The fourth-order valence-corrected chi connectivity index (χ4v) is 2.26. The highest BCUT2D eigenvalue weighted by Crippen LogP contribution is 2.30. The minimum Gasteiger partial charge on any atom is -0.465 e. The molecule has 0 radical (unpaired) electrons. The Morgan fingerprint density at radius 2 is 1.68 bits per heavy atom. The zero-order valence-corrected chi connectivity index (χ0v) is 11.7. The molecule has 1 heterocycles. The smallest absolute Gasteiger partial charge is 0.340 e. The number of hydrogen-bond acceptors (Lipinski definition) is 3. The molecular formula is C16H17NO2. The lowest BCUT2D eigenvalue weighted by atomic mass is 9.93. The van der Waals surface area contributed by atoms with E-state index in [0.29, 0.717) is 11.3 Å². The highest BCUT2D eigenvalue weighted by atomic mass is 16.5. The lowest BCUT2D eigenvalue weighted by molar-refractivity contribution is 0.0600. The minimum atomic E-state index is -0.341. The van der Waals surface area contributed by atoms with Crippen LogP contribution in [-0.4, -0.2) is 18.1 Å². The van der Waals surface area contributed by atoms with E-state index in [0.717, 1.165) is 22.4 Å². The summed E-state index contributed by atoms with van der Waals surface area (Å²) in [4.78, 5) is 16.5. The molecule has 0 aliphatic heterocycles. The van der Waals surface area contributed by atoms with Crippen LogP contribution in [0.15, 0.2) is 30.3 Å². The van der Waals surface area contributed by atoms with Crippen molar-refractivity contribution in [1.29, 1.82) is 0 Å². The van der Waals surface area contributed by atoms with Gasteiger partial charge in [-0.15, -0.1) is 0 Å². The molecule has 98 valence electrons. The Labute approximate surface area is 113 Å². The van der Waals surface area contributed by atoms with Gasteiger partial charge in [0.05, 0.1) is 18.4 Å². The summed E-state index contributed by atoms with van der Waals surface area (Å²) in [6.45, 7) is 5.78. The summed E-state index contributed by atoms with van der Waals surface area (Å²) in [5, 5.41) is 0. The second kappa shape index (κ2) is 5.22. The van der Waals surface area contributed by atoms with Crippen LogP contribution in [0.25, 0.3) is 11.1 Å². The monoisotopic (exact) mass is 255 g/mol. The molecule has 19 heavy (non-hydrogen) atoms. The summed E-state index contributed by atoms with van der Waals surface area (Å²) in [6, 6.07) is 9.86. The SMILES string of the molecule is COC(=O)c1c(C)nc(C)c(C)c1-c1ccccc1. The first-order valence-corrected chi connectivity index (χ1v) is 6.17. The maximum atomic E-state index is 12.0. The average molecular weight is 255 g/mol. The van der Waals surface area contributed by atoms with Gasteiger partial charge in [0.1, 0.15) is 0 Å². The van der Waals surface area contributed by atoms with Crippen LogP contribution in [0, 0.1) is 20.8 Å². The summed E-state index contributed by atoms with van der Waals surface area (Å²) < 4.78 is 4.90. The molecule has 2 aromatic rings. The molecular weight excluding hydrogens is 238 g/mol. The molecule has 0 N–H and O–H groups in total. The van der Waals surface area contributed by atoms with Crippen LogP contribution in [0.1, 0.15) is 27.3 Å². The van der Waals surface area contributed by atoms with Crippen molar-refractivity contribution in [3.63, 3.8) is 0 Å². The third kappa shape index (κ3) is 2.36. The maximum Gasteiger partial charge on any atom is 0.340 e. The fraction of sp³-hybridized carbons (Fsp3) is 0.250. The number of esters is 1. The molecule has 0 aliphatic rings. The van der Waals surface area contributed by atoms with Gasteiger partial charge in [0.15, 0.2) is 0 Å². The van der Waals surface area contributed by atoms with E-state index >= 15 is 0 Å². The van der Waals surface area contributed by atoms with Gasteiger partial charge in [-0.3, -0.25) is 4.98 Å². The van der Waals surface area contributed by atoms with Crippen LogP contribution in [0.4, 0.5) is 0 Å². The topological polar surface area (TPSA) is 39.2 Å². The number of methoxy groups -OCH3 is 1. The highest BCUT2D eigenvalue weighted by molar-refractivity contribution is 5.99. The van der Waals surface area contributed by atoms with Crippen molar-refractivity contribution in [3.8, 4) is 11.1 Å². The molecule has 3 heteroatoms. The zero-order chi connectivity index (χ0) is 14.0. The second-order valence-electron chi connectivity index (χ2n) is 4.52. The first-order valence-electron chi connectivity index (χ1n) is 6.17. The van der Waals surface area contributed by atoms with Crippen LogP contribution < -0.4 is 0 Å². The molecule has 3 nitrogen and oxygen atoms in total. The normalized spacial score (nSPS) is 10.3. The minimum absolute atomic E-state index is 0.341. The van der Waals surface area contributed by atoms with E-state index in [4.69, 9.17) is 4.74 Å². The largest absolute Gasteiger partial charge is 0.465 e. The molecule has 0 saturated carbocycles. The number of pyridine rings is 1. The van der Waals surface area contributed by atoms with E-state index in [2.05, 4.69) is 4.98 Å². The average Bonchev–Trinajstić information content (AvgIpc) is 2.42. The molecule has 0 saturated heterocycles. The predicted octanol–water partition coefficient (Wildman–Crippen LogP) is 3.46. The number of rotatable bonds is 2. The van der Waals surface area contributed by atoms with E-state index in [1.165, 1.54) is 7.11 Å². The summed E-state index contributed by atoms with van der Waals surface area (Å²) in [6.07, 6.45) is 0. The van der Waals surface area contributed by atoms with Gasteiger partial charge in [0.2, 0.25) is 0 Å². The van der Waals surface area contributed by atoms with Crippen LogP contribution >= 0.6 is 0 Å². The van der Waals surface area contributed by atoms with Gasteiger partial charge < -0.3 is 4.74 Å². The van der Waals surface area contributed by atoms with Crippen molar-refractivity contribution < 1.29 is 9.53 Å². The molecule has 0 fully saturated rings. The number of benzene rings is 1. The molecule has 0 amide bonds. The van der Waals surface area contributed by atoms with Gasteiger partial charge >= 0.3 is 5.97 Å². The van der Waals surface area contributed by atoms with E-state index in [9.17, 15) is 4.79 Å². The Bertz CT molecular complexity index is 618. The van der Waals surface area contributed by atoms with Crippen molar-refractivity contribution in [2.75, 3.05) is 7.11 Å². The molecule has 0 spiro atoms. The molecule has 1 aromatic heterocycles. The molecule has 0 atom stereocenters. The highest BCUT2D eigenvalue weighted by Gasteiger charge is 2.20. The Hall–Kier alpha value is -2.16. The first-order chi connectivity index (χ1) is 9.06. The van der Waals surface area contributed by atoms with Gasteiger partial charge in [0, 0.05) is 11.3 Å². The lowest BCUT2D eigenvalue weighted by Crippen LogP contribution is -2.10. The summed E-state index contributed by atoms with van der Waals surface area (Å²) in [7, 11) is 1.39. The van der Waals surface area contributed by atoms with Crippen molar-refractivity contribution in [2.45, 2.75) is 20.8 Å². The van der Waals surface area contributed by atoms with Crippen LogP contribution in [0.3, 0.4) is 0 Å². The molecule has 2 rings (SSSR count). The number of ether oxygens (including phenoxy) is 1. The number of hydrogen-bond donors (Lipinski definition) is 0. The van der Waals surface area contributed by atoms with E-state index in [1.807, 2.05) is 51.1 Å². The summed E-state index contributed by atoms with van der Waals surface area (Å²) in [5.74, 6) is -0.341. The van der Waals surface area contributed by atoms with Crippen molar-refractivity contribution >= 4 is 5.97 Å². The maximum absolute atomic E-state index is 12.0. The van der Waals surface area contributed by atoms with Crippen LogP contribution in [0.2, 0.25) is 0 Å². The van der Waals surface area contributed by atoms with Gasteiger partial charge in [-0.2, -0.15) is 0 Å². The second-order valence-corrected chi connectivity index (χ2v) is 4.52. The predicted molar refractivity (Wildman–Crippen MR) is 75.2 cm³/mol. The Balaban J connectivity index is 2.80. The third-order valence-corrected chi connectivity index (χ3v) is 3.32. The quantitative estimate of drug-likeness (QED) is 0.771. The zero-order valence-electron chi connectivity index (χ0n) is 11.7. The number of nitrogens with zero attached hydrogens (tertiary/aromatic N) is 1. The van der Waals surface area contributed by atoms with Gasteiger partial charge in [-0.1, -0.05) is 30.3 Å². The van der Waals surface area contributed by atoms with Gasteiger partial charge in [-0.05, 0) is 31.9 Å². The lowest BCUT2D eigenvalue weighted by Gasteiger charge is -2.15. The van der Waals surface area contributed by atoms with E-state index in [-0.39, 0.29) is 5.97 Å². The molecule has 0 aliphatic carbocycles. The molecule has 0 unspecified atom stereocenters. The van der Waals surface area contributed by atoms with Crippen molar-refractivity contribution in [2.24, 2.45) is 0 Å². The number of carbonyl (C=O) groups excluding carboxylic acids is 1. The summed E-state index contributed by atoms with van der Waals surface area (Å²) in [5.41, 5.74) is 5.12. The van der Waals surface area contributed by atoms with Gasteiger partial charge in [-0.25, -0.2) is 4.79 Å². The van der Waals surface area contributed by atoms with Crippen LogP contribution in [0.5, 0.6) is 0 Å². The van der Waals surface area contributed by atoms with Crippen molar-refractivity contribution in [3.05, 3.63) is 52.8 Å². The Morgan fingerprint density at radius 3 is 2.26 bits per heavy atom. The molecule has 1 aromatic carbocycles. The third-order valence-electron chi connectivity index (χ3n) is 3.32. The Kier molecular flexibility index (Phi) is 3.65. The van der Waals surface area contributed by atoms with Crippen molar-refractivity contribution in [1.82, 2.24) is 4.98 Å². The fourth-order valence-electron chi connectivity index (χ4n) is 2.26. The number of aryl methyl sites for hydroxylation is 2.